The molecule has 2 fully saturated rings. The zero-order valence-corrected chi connectivity index (χ0v) is 15.9. The second-order valence-corrected chi connectivity index (χ2v) is 7.57. The van der Waals surface area contributed by atoms with Gasteiger partial charge in [-0.2, -0.15) is 0 Å². The average molecular weight is 365 g/mol. The highest BCUT2D eigenvalue weighted by Gasteiger charge is 2.28. The first-order valence-corrected chi connectivity index (χ1v) is 9.93. The first-order chi connectivity index (χ1) is 13.2. The molecule has 2 aliphatic rings. The van der Waals surface area contributed by atoms with E-state index in [9.17, 15) is 4.79 Å². The van der Waals surface area contributed by atoms with Crippen LogP contribution < -0.4 is 4.74 Å². The zero-order chi connectivity index (χ0) is 18.6. The molecule has 0 bridgehead atoms. The van der Waals surface area contributed by atoms with E-state index in [0.717, 1.165) is 44.4 Å². The molecule has 0 unspecified atom stereocenters. The number of hydrogen-bond donors (Lipinski definition) is 0. The Labute approximate surface area is 161 Å². The smallest absolute Gasteiger partial charge is 0.255 e. The molecule has 0 atom stereocenters. The third-order valence-corrected chi connectivity index (χ3v) is 5.64. The summed E-state index contributed by atoms with van der Waals surface area (Å²) in [5.41, 5.74) is 1.81. The van der Waals surface area contributed by atoms with Crippen molar-refractivity contribution in [1.29, 1.82) is 0 Å². The Morgan fingerprint density at radius 1 is 1.00 bits per heavy atom. The van der Waals surface area contributed by atoms with Gasteiger partial charge < -0.3 is 9.64 Å². The highest BCUT2D eigenvalue weighted by atomic mass is 16.5. The Kier molecular flexibility index (Phi) is 5.39. The lowest BCUT2D eigenvalue weighted by Gasteiger charge is -2.36. The maximum Gasteiger partial charge on any atom is 0.255 e. The van der Waals surface area contributed by atoms with Gasteiger partial charge >= 0.3 is 0 Å². The van der Waals surface area contributed by atoms with Gasteiger partial charge in [0.2, 0.25) is 5.88 Å². The van der Waals surface area contributed by atoms with Gasteiger partial charge in [0.1, 0.15) is 5.75 Å². The molecule has 1 aliphatic heterocycles. The summed E-state index contributed by atoms with van der Waals surface area (Å²) in [4.78, 5) is 21.7. The molecule has 0 N–H and O–H groups in total. The number of amides is 1. The van der Waals surface area contributed by atoms with E-state index in [0.29, 0.717) is 11.4 Å². The fraction of sp³-hybridized carbons (Fsp3) is 0.455. The van der Waals surface area contributed by atoms with Gasteiger partial charge in [0.15, 0.2) is 0 Å². The van der Waals surface area contributed by atoms with E-state index in [1.807, 2.05) is 42.2 Å². The van der Waals surface area contributed by atoms with Crippen LogP contribution in [0.2, 0.25) is 0 Å². The molecule has 1 amide bonds. The number of rotatable bonds is 4. The third-order valence-electron chi connectivity index (χ3n) is 5.64. The lowest BCUT2D eigenvalue weighted by atomic mass is 9.91. The molecular formula is C22H27N3O2. The summed E-state index contributed by atoms with van der Waals surface area (Å²) in [6.45, 7) is 5.76. The lowest BCUT2D eigenvalue weighted by molar-refractivity contribution is 0.0749. The van der Waals surface area contributed by atoms with Crippen LogP contribution in [-0.2, 0) is 0 Å². The van der Waals surface area contributed by atoms with Crippen molar-refractivity contribution < 1.29 is 9.53 Å². The number of ether oxygens (including phenoxy) is 1. The van der Waals surface area contributed by atoms with Crippen LogP contribution in [-0.4, -0.2) is 52.9 Å². The fourth-order valence-electron chi connectivity index (χ4n) is 3.73. The summed E-state index contributed by atoms with van der Waals surface area (Å²) in [6, 6.07) is 12.2. The van der Waals surface area contributed by atoms with E-state index in [4.69, 9.17) is 4.74 Å². The van der Waals surface area contributed by atoms with Crippen molar-refractivity contribution in [3.63, 3.8) is 0 Å². The van der Waals surface area contributed by atoms with Crippen molar-refractivity contribution in [2.45, 2.75) is 38.6 Å². The van der Waals surface area contributed by atoms with Gasteiger partial charge in [-0.3, -0.25) is 9.69 Å². The van der Waals surface area contributed by atoms with Crippen molar-refractivity contribution in [1.82, 2.24) is 14.8 Å². The number of benzene rings is 1. The van der Waals surface area contributed by atoms with Gasteiger partial charge in [0.05, 0.1) is 5.56 Å². The van der Waals surface area contributed by atoms with Crippen molar-refractivity contribution in [3.05, 3.63) is 53.7 Å². The Bertz CT molecular complexity index is 769. The summed E-state index contributed by atoms with van der Waals surface area (Å²) in [7, 11) is 0. The largest absolute Gasteiger partial charge is 0.439 e. The molecular weight excluding hydrogens is 338 g/mol. The molecule has 2 heterocycles. The van der Waals surface area contributed by atoms with Crippen LogP contribution in [0.3, 0.4) is 0 Å². The first kappa shape index (κ1) is 18.0. The van der Waals surface area contributed by atoms with Gasteiger partial charge in [-0.05, 0) is 44.4 Å². The van der Waals surface area contributed by atoms with Crippen LogP contribution in [0, 0.1) is 6.92 Å². The Morgan fingerprint density at radius 2 is 1.81 bits per heavy atom. The molecule has 1 aromatic heterocycles. The topological polar surface area (TPSA) is 45.7 Å². The summed E-state index contributed by atoms with van der Waals surface area (Å²) >= 11 is 0. The number of pyridine rings is 1. The molecule has 27 heavy (non-hydrogen) atoms. The van der Waals surface area contributed by atoms with E-state index in [-0.39, 0.29) is 5.91 Å². The quantitative estimate of drug-likeness (QED) is 0.825. The number of aryl methyl sites for hydroxylation is 1. The molecule has 0 spiro atoms. The van der Waals surface area contributed by atoms with Gasteiger partial charge in [0, 0.05) is 44.5 Å². The van der Waals surface area contributed by atoms with Crippen LogP contribution >= 0.6 is 0 Å². The van der Waals surface area contributed by atoms with Gasteiger partial charge in [-0.15, -0.1) is 0 Å². The van der Waals surface area contributed by atoms with Crippen LogP contribution in [0.4, 0.5) is 0 Å². The maximum absolute atomic E-state index is 12.8. The van der Waals surface area contributed by atoms with Crippen LogP contribution in [0.5, 0.6) is 11.6 Å². The molecule has 5 heteroatoms. The number of carbonyl (C=O) groups is 1. The van der Waals surface area contributed by atoms with Gasteiger partial charge in [-0.25, -0.2) is 4.98 Å². The zero-order valence-electron chi connectivity index (χ0n) is 15.9. The number of carbonyl (C=O) groups excluding carboxylic acids is 1. The first-order valence-electron chi connectivity index (χ1n) is 9.93. The maximum atomic E-state index is 12.8. The SMILES string of the molecule is Cc1ccc(Oc2ccc(C(=O)N3CCCN(C4CCC4)CC3)cn2)cc1. The Hall–Kier alpha value is -2.40. The van der Waals surface area contributed by atoms with Crippen molar-refractivity contribution in [3.8, 4) is 11.6 Å². The minimum atomic E-state index is 0.0693. The highest BCUT2D eigenvalue weighted by Crippen LogP contribution is 2.26. The van der Waals surface area contributed by atoms with Crippen molar-refractivity contribution in [2.24, 2.45) is 0 Å². The van der Waals surface area contributed by atoms with Crippen LogP contribution in [0.1, 0.15) is 41.6 Å². The van der Waals surface area contributed by atoms with Crippen LogP contribution in [0.15, 0.2) is 42.6 Å². The van der Waals surface area contributed by atoms with E-state index in [1.165, 1.54) is 24.8 Å². The monoisotopic (exact) mass is 365 g/mol. The minimum Gasteiger partial charge on any atom is -0.439 e. The molecule has 1 saturated carbocycles. The second kappa shape index (κ2) is 8.09. The predicted octanol–water partition coefficient (Wildman–Crippen LogP) is 3.88. The average Bonchev–Trinajstić information content (AvgIpc) is 2.88. The van der Waals surface area contributed by atoms with Gasteiger partial charge in [-0.1, -0.05) is 24.1 Å². The molecule has 1 saturated heterocycles. The molecule has 0 radical (unpaired) electrons. The molecule has 5 nitrogen and oxygen atoms in total. The van der Waals surface area contributed by atoms with Crippen LogP contribution in [0.25, 0.3) is 0 Å². The summed E-state index contributed by atoms with van der Waals surface area (Å²) in [5.74, 6) is 1.32. The fourth-order valence-corrected chi connectivity index (χ4v) is 3.73. The molecule has 1 aromatic carbocycles. The standard InChI is InChI=1S/C22H27N3O2/c1-17-6-9-20(10-7-17)27-21-11-8-18(16-23-21)22(26)25-13-3-12-24(14-15-25)19-4-2-5-19/h6-11,16,19H,2-5,12-15H2,1H3. The Balaban J connectivity index is 1.36. The third kappa shape index (κ3) is 4.30. The van der Waals surface area contributed by atoms with E-state index >= 15 is 0 Å². The minimum absolute atomic E-state index is 0.0693. The molecule has 142 valence electrons. The number of aromatic nitrogens is 1. The normalized spacial score (nSPS) is 18.6. The summed E-state index contributed by atoms with van der Waals surface area (Å²) in [5, 5.41) is 0. The summed E-state index contributed by atoms with van der Waals surface area (Å²) in [6.07, 6.45) is 6.66. The van der Waals surface area contributed by atoms with E-state index in [1.54, 1.807) is 12.3 Å². The number of hydrogen-bond acceptors (Lipinski definition) is 4. The molecule has 4 rings (SSSR count). The highest BCUT2D eigenvalue weighted by molar-refractivity contribution is 5.94. The summed E-state index contributed by atoms with van der Waals surface area (Å²) < 4.78 is 5.75. The molecule has 2 aromatic rings. The number of nitrogens with zero attached hydrogens (tertiary/aromatic N) is 3. The molecule has 1 aliphatic carbocycles. The van der Waals surface area contributed by atoms with Gasteiger partial charge in [0.25, 0.3) is 5.91 Å². The lowest BCUT2D eigenvalue weighted by Crippen LogP contribution is -2.42. The predicted molar refractivity (Wildman–Crippen MR) is 105 cm³/mol. The van der Waals surface area contributed by atoms with E-state index in [2.05, 4.69) is 9.88 Å². The Morgan fingerprint density at radius 3 is 2.48 bits per heavy atom. The van der Waals surface area contributed by atoms with Crippen molar-refractivity contribution in [2.75, 3.05) is 26.2 Å². The second-order valence-electron chi connectivity index (χ2n) is 7.57. The van der Waals surface area contributed by atoms with E-state index < -0.39 is 0 Å². The van der Waals surface area contributed by atoms with Crippen molar-refractivity contribution >= 4 is 5.91 Å².